The lowest BCUT2D eigenvalue weighted by Crippen LogP contribution is -2.34. The lowest BCUT2D eigenvalue weighted by molar-refractivity contribution is -0.576. The predicted molar refractivity (Wildman–Crippen MR) is 63.3 cm³/mol. The Labute approximate surface area is 104 Å². The highest BCUT2D eigenvalue weighted by Gasteiger charge is 2.32. The van der Waals surface area contributed by atoms with Crippen molar-refractivity contribution in [2.24, 2.45) is 0 Å². The molecule has 1 unspecified atom stereocenters. The van der Waals surface area contributed by atoms with E-state index < -0.39 is 23.2 Å². The SMILES string of the molecule is O=C(OC(c1ccccc1)[N+](=O)[O-])[C@@H]1CCCN1. The van der Waals surface area contributed by atoms with Crippen LogP contribution in [0.5, 0.6) is 0 Å². The maximum Gasteiger partial charge on any atom is 0.382 e. The van der Waals surface area contributed by atoms with E-state index in [0.29, 0.717) is 12.0 Å². The van der Waals surface area contributed by atoms with E-state index in [1.54, 1.807) is 30.3 Å². The van der Waals surface area contributed by atoms with E-state index in [-0.39, 0.29) is 0 Å². The fourth-order valence-electron chi connectivity index (χ4n) is 1.93. The maximum atomic E-state index is 11.7. The Balaban J connectivity index is 2.07. The summed E-state index contributed by atoms with van der Waals surface area (Å²) in [5, 5.41) is 13.9. The molecule has 0 aliphatic carbocycles. The zero-order chi connectivity index (χ0) is 13.0. The van der Waals surface area contributed by atoms with Gasteiger partial charge in [-0.05, 0) is 31.5 Å². The first-order valence-electron chi connectivity index (χ1n) is 5.81. The van der Waals surface area contributed by atoms with Crippen LogP contribution >= 0.6 is 0 Å². The van der Waals surface area contributed by atoms with Crippen LogP contribution in [0.2, 0.25) is 0 Å². The van der Waals surface area contributed by atoms with Crippen LogP contribution in [0.4, 0.5) is 0 Å². The molecule has 1 fully saturated rings. The molecular formula is C12H14N2O4. The van der Waals surface area contributed by atoms with Gasteiger partial charge in [0, 0.05) is 0 Å². The number of carbonyl (C=O) groups is 1. The van der Waals surface area contributed by atoms with Crippen LogP contribution in [0.15, 0.2) is 30.3 Å². The van der Waals surface area contributed by atoms with Gasteiger partial charge in [-0.3, -0.25) is 14.9 Å². The number of nitrogens with one attached hydrogen (secondary N) is 1. The number of nitrogens with zero attached hydrogens (tertiary/aromatic N) is 1. The Kier molecular flexibility index (Phi) is 3.88. The Morgan fingerprint density at radius 1 is 1.44 bits per heavy atom. The van der Waals surface area contributed by atoms with Crippen molar-refractivity contribution in [3.63, 3.8) is 0 Å². The third kappa shape index (κ3) is 2.84. The van der Waals surface area contributed by atoms with E-state index in [4.69, 9.17) is 4.74 Å². The Bertz CT molecular complexity index is 429. The highest BCUT2D eigenvalue weighted by atomic mass is 16.7. The van der Waals surface area contributed by atoms with Crippen molar-refractivity contribution in [1.29, 1.82) is 0 Å². The third-order valence-electron chi connectivity index (χ3n) is 2.85. The second-order valence-electron chi connectivity index (χ2n) is 4.13. The molecule has 2 rings (SSSR count). The summed E-state index contributed by atoms with van der Waals surface area (Å²) in [5.74, 6) is -0.557. The summed E-state index contributed by atoms with van der Waals surface area (Å²) in [6.07, 6.45) is 0.118. The summed E-state index contributed by atoms with van der Waals surface area (Å²) in [4.78, 5) is 22.1. The zero-order valence-electron chi connectivity index (χ0n) is 9.74. The van der Waals surface area contributed by atoms with Gasteiger partial charge in [-0.25, -0.2) is 0 Å². The number of hydrogen-bond donors (Lipinski definition) is 1. The van der Waals surface area contributed by atoms with Crippen molar-refractivity contribution >= 4 is 5.97 Å². The first-order chi connectivity index (χ1) is 8.68. The molecule has 1 N–H and O–H groups in total. The topological polar surface area (TPSA) is 81.5 Å². The molecule has 0 radical (unpaired) electrons. The molecule has 1 aliphatic rings. The van der Waals surface area contributed by atoms with E-state index >= 15 is 0 Å². The van der Waals surface area contributed by atoms with E-state index in [2.05, 4.69) is 5.32 Å². The molecule has 1 aliphatic heterocycles. The lowest BCUT2D eigenvalue weighted by atomic mass is 10.2. The van der Waals surface area contributed by atoms with Gasteiger partial charge >= 0.3 is 12.2 Å². The van der Waals surface area contributed by atoms with Crippen LogP contribution < -0.4 is 5.32 Å². The molecule has 0 spiro atoms. The van der Waals surface area contributed by atoms with Crippen molar-refractivity contribution in [2.75, 3.05) is 6.54 Å². The van der Waals surface area contributed by atoms with Gasteiger partial charge in [0.05, 0.1) is 10.5 Å². The van der Waals surface area contributed by atoms with E-state index in [1.807, 2.05) is 0 Å². The molecule has 18 heavy (non-hydrogen) atoms. The van der Waals surface area contributed by atoms with Crippen LogP contribution in [-0.2, 0) is 9.53 Å². The average Bonchev–Trinajstić information content (AvgIpc) is 2.90. The number of carbonyl (C=O) groups excluding carboxylic acids is 1. The number of ether oxygens (including phenoxy) is 1. The summed E-state index contributed by atoms with van der Waals surface area (Å²) in [5.41, 5.74) is 0.369. The van der Waals surface area contributed by atoms with Crippen LogP contribution in [0.3, 0.4) is 0 Å². The number of hydrogen-bond acceptors (Lipinski definition) is 5. The van der Waals surface area contributed by atoms with E-state index in [0.717, 1.165) is 13.0 Å². The standard InChI is InChI=1S/C12H14N2O4/c15-12(10-7-4-8-13-10)18-11(14(16)17)9-5-2-1-3-6-9/h1-3,5-6,10-11,13H,4,7-8H2/t10-,11?/m0/s1. The first kappa shape index (κ1) is 12.5. The minimum absolute atomic E-state index is 0.369. The van der Waals surface area contributed by atoms with E-state index in [9.17, 15) is 14.9 Å². The summed E-state index contributed by atoms with van der Waals surface area (Å²) < 4.78 is 4.98. The van der Waals surface area contributed by atoms with Crippen LogP contribution in [0.1, 0.15) is 24.6 Å². The molecule has 0 saturated carbocycles. The zero-order valence-corrected chi connectivity index (χ0v) is 9.74. The van der Waals surface area contributed by atoms with Crippen molar-refractivity contribution in [3.05, 3.63) is 46.0 Å². The molecule has 6 nitrogen and oxygen atoms in total. The van der Waals surface area contributed by atoms with Gasteiger partial charge in [-0.15, -0.1) is 0 Å². The van der Waals surface area contributed by atoms with Crippen LogP contribution in [0.25, 0.3) is 0 Å². The minimum atomic E-state index is -1.43. The highest BCUT2D eigenvalue weighted by Crippen LogP contribution is 2.19. The highest BCUT2D eigenvalue weighted by molar-refractivity contribution is 5.76. The van der Waals surface area contributed by atoms with Gasteiger partial charge < -0.3 is 10.1 Å². The Morgan fingerprint density at radius 3 is 2.72 bits per heavy atom. The number of nitro groups is 1. The Morgan fingerprint density at radius 2 is 2.17 bits per heavy atom. The molecule has 0 amide bonds. The van der Waals surface area contributed by atoms with E-state index in [1.165, 1.54) is 0 Å². The predicted octanol–water partition coefficient (Wildman–Crippen LogP) is 1.26. The van der Waals surface area contributed by atoms with Gasteiger partial charge in [-0.2, -0.15) is 0 Å². The molecule has 1 heterocycles. The van der Waals surface area contributed by atoms with Crippen molar-refractivity contribution < 1.29 is 14.5 Å². The van der Waals surface area contributed by atoms with Gasteiger partial charge in [-0.1, -0.05) is 18.2 Å². The summed E-state index contributed by atoms with van der Waals surface area (Å²) in [7, 11) is 0. The van der Waals surface area contributed by atoms with Gasteiger partial charge in [0.1, 0.15) is 6.04 Å². The fraction of sp³-hybridized carbons (Fsp3) is 0.417. The summed E-state index contributed by atoms with van der Waals surface area (Å²) in [6, 6.07) is 7.82. The van der Waals surface area contributed by atoms with Crippen molar-refractivity contribution in [1.82, 2.24) is 5.32 Å². The largest absolute Gasteiger partial charge is 0.393 e. The first-order valence-corrected chi connectivity index (χ1v) is 5.81. The molecule has 0 aromatic heterocycles. The second kappa shape index (κ2) is 5.59. The van der Waals surface area contributed by atoms with Crippen molar-refractivity contribution in [3.8, 4) is 0 Å². The molecule has 2 atom stereocenters. The molecule has 6 heteroatoms. The monoisotopic (exact) mass is 250 g/mol. The normalized spacial score (nSPS) is 20.3. The third-order valence-corrected chi connectivity index (χ3v) is 2.85. The molecule has 1 saturated heterocycles. The van der Waals surface area contributed by atoms with Gasteiger partial charge in [0.25, 0.3) is 0 Å². The maximum absolute atomic E-state index is 11.7. The number of rotatable bonds is 4. The van der Waals surface area contributed by atoms with Gasteiger partial charge in [0.15, 0.2) is 0 Å². The van der Waals surface area contributed by atoms with Crippen molar-refractivity contribution in [2.45, 2.75) is 25.1 Å². The number of benzene rings is 1. The van der Waals surface area contributed by atoms with Crippen LogP contribution in [0, 0.1) is 10.1 Å². The molecule has 1 aromatic carbocycles. The fourth-order valence-corrected chi connectivity index (χ4v) is 1.93. The number of esters is 1. The molecule has 96 valence electrons. The second-order valence-corrected chi connectivity index (χ2v) is 4.13. The Hall–Kier alpha value is -1.95. The average molecular weight is 250 g/mol. The molecule has 1 aromatic rings. The molecular weight excluding hydrogens is 236 g/mol. The van der Waals surface area contributed by atoms with Crippen LogP contribution in [-0.4, -0.2) is 23.5 Å². The summed E-state index contributed by atoms with van der Waals surface area (Å²) in [6.45, 7) is 0.744. The smallest absolute Gasteiger partial charge is 0.382 e. The summed E-state index contributed by atoms with van der Waals surface area (Å²) >= 11 is 0. The lowest BCUT2D eigenvalue weighted by Gasteiger charge is -2.14. The minimum Gasteiger partial charge on any atom is -0.393 e. The quantitative estimate of drug-likeness (QED) is 0.376. The molecule has 0 bridgehead atoms. The van der Waals surface area contributed by atoms with Gasteiger partial charge in [0.2, 0.25) is 0 Å².